The van der Waals surface area contributed by atoms with E-state index in [1.165, 1.54) is 0 Å². The Labute approximate surface area is 233 Å². The zero-order valence-corrected chi connectivity index (χ0v) is 22.1. The van der Waals surface area contributed by atoms with E-state index in [-0.39, 0.29) is 40.3 Å². The number of rotatable bonds is 4. The lowest BCUT2D eigenvalue weighted by molar-refractivity contribution is -0.142. The maximum atomic E-state index is 13.1. The smallest absolute Gasteiger partial charge is 0.434 e. The van der Waals surface area contributed by atoms with Gasteiger partial charge < -0.3 is 9.64 Å². The van der Waals surface area contributed by atoms with Crippen molar-refractivity contribution >= 4 is 29.1 Å². The molecule has 1 aliphatic carbocycles. The largest absolute Gasteiger partial charge is 0.474 e. The predicted molar refractivity (Wildman–Crippen MR) is 130 cm³/mol. The van der Waals surface area contributed by atoms with Crippen molar-refractivity contribution in [3.05, 3.63) is 69.9 Å². The Morgan fingerprint density at radius 2 is 1.57 bits per heavy atom. The second-order valence-electron chi connectivity index (χ2n) is 9.16. The maximum absolute atomic E-state index is 13.1. The maximum Gasteiger partial charge on any atom is 0.434 e. The molecule has 5 rings (SSSR count). The minimum atomic E-state index is -4.56. The van der Waals surface area contributed by atoms with Crippen LogP contribution in [-0.4, -0.2) is 54.9 Å². The number of amides is 1. The van der Waals surface area contributed by atoms with Crippen LogP contribution in [-0.2, 0) is 12.4 Å². The van der Waals surface area contributed by atoms with E-state index in [4.69, 9.17) is 27.9 Å². The summed E-state index contributed by atoms with van der Waals surface area (Å²) in [5.41, 5.74) is -1.24. The van der Waals surface area contributed by atoms with Gasteiger partial charge in [-0.3, -0.25) is 4.79 Å². The number of carbonyl (C=O) groups excluding carboxylic acids is 1. The first kappa shape index (κ1) is 29.7. The summed E-state index contributed by atoms with van der Waals surface area (Å²) < 4.78 is 78.7. The van der Waals surface area contributed by atoms with Gasteiger partial charge >= 0.3 is 12.4 Å². The Morgan fingerprint density at radius 3 is 2.15 bits per heavy atom. The number of piperidine rings is 1. The predicted octanol–water partition coefficient (Wildman–Crippen LogP) is 5.93. The highest BCUT2D eigenvalue weighted by Crippen LogP contribution is 2.47. The zero-order chi connectivity index (χ0) is 29.2. The number of pyridine rings is 1. The monoisotopic (exact) mass is 608 g/mol. The van der Waals surface area contributed by atoms with Gasteiger partial charge in [0.25, 0.3) is 5.91 Å². The van der Waals surface area contributed by atoms with Gasteiger partial charge in [0.15, 0.2) is 11.4 Å². The van der Waals surface area contributed by atoms with E-state index < -0.39 is 23.7 Å². The second-order valence-corrected chi connectivity index (χ2v) is 9.95. The summed E-state index contributed by atoms with van der Waals surface area (Å²) in [7, 11) is 0. The quantitative estimate of drug-likeness (QED) is 0.339. The molecule has 8 nitrogen and oxygen atoms in total. The van der Waals surface area contributed by atoms with E-state index >= 15 is 0 Å². The van der Waals surface area contributed by atoms with Crippen molar-refractivity contribution in [3.63, 3.8) is 0 Å². The number of ether oxygens (including phenoxy) is 1. The molecule has 1 aliphatic heterocycles. The second kappa shape index (κ2) is 11.7. The average Bonchev–Trinajstić information content (AvgIpc) is 3.66. The highest BCUT2D eigenvalue weighted by atomic mass is 35.5. The molecular formula is C24H20Cl2F6N6O2. The van der Waals surface area contributed by atoms with Crippen LogP contribution in [0.15, 0.2) is 36.9 Å². The van der Waals surface area contributed by atoms with Crippen molar-refractivity contribution in [3.8, 4) is 5.88 Å². The van der Waals surface area contributed by atoms with Crippen molar-refractivity contribution in [2.24, 2.45) is 11.8 Å². The molecule has 0 spiro atoms. The lowest BCUT2D eigenvalue weighted by Crippen LogP contribution is -2.48. The third kappa shape index (κ3) is 7.47. The number of carbonyl (C=O) groups is 1. The molecule has 0 unspecified atom stereocenters. The van der Waals surface area contributed by atoms with Gasteiger partial charge in [-0.25, -0.2) is 24.9 Å². The first-order chi connectivity index (χ1) is 18.7. The molecular weight excluding hydrogens is 589 g/mol. The molecule has 2 aliphatic rings. The summed E-state index contributed by atoms with van der Waals surface area (Å²) >= 11 is 11.4. The van der Waals surface area contributed by atoms with Crippen molar-refractivity contribution < 1.29 is 35.9 Å². The van der Waals surface area contributed by atoms with Crippen molar-refractivity contribution in [2.45, 2.75) is 38.2 Å². The van der Waals surface area contributed by atoms with Gasteiger partial charge in [-0.1, -0.05) is 23.2 Å². The van der Waals surface area contributed by atoms with Crippen LogP contribution in [0.3, 0.4) is 0 Å². The number of halogens is 8. The Kier molecular flexibility index (Phi) is 8.69. The molecule has 4 heterocycles. The summed E-state index contributed by atoms with van der Waals surface area (Å²) in [6.45, 7) is 2.48. The lowest BCUT2D eigenvalue weighted by atomic mass is 10.0. The van der Waals surface area contributed by atoms with Crippen LogP contribution >= 0.6 is 23.2 Å². The summed E-state index contributed by atoms with van der Waals surface area (Å²) in [6, 6.07) is 3.13. The minimum absolute atomic E-state index is 0.0185. The molecule has 0 N–H and O–H groups in total. The number of alkyl halides is 6. The Morgan fingerprint density at radius 1 is 0.925 bits per heavy atom. The number of nitrogens with zero attached hydrogens (tertiary/aromatic N) is 6. The van der Waals surface area contributed by atoms with Gasteiger partial charge in [-0.2, -0.15) is 26.3 Å². The van der Waals surface area contributed by atoms with Crippen LogP contribution in [0.4, 0.5) is 26.3 Å². The molecule has 214 valence electrons. The molecule has 1 amide bonds. The summed E-state index contributed by atoms with van der Waals surface area (Å²) in [5.74, 6) is 0.711. The Balaban J connectivity index is 0.000000283. The fraction of sp³-hybridized carbons (Fsp3) is 0.417. The van der Waals surface area contributed by atoms with Crippen LogP contribution in [0, 0.1) is 18.8 Å². The van der Waals surface area contributed by atoms with E-state index in [9.17, 15) is 31.1 Å². The molecule has 3 aromatic rings. The summed E-state index contributed by atoms with van der Waals surface area (Å²) in [5, 5.41) is 0.227. The van der Waals surface area contributed by atoms with Gasteiger partial charge in [0.1, 0.15) is 17.5 Å². The third-order valence-electron chi connectivity index (χ3n) is 6.22. The number of fused-ring (bicyclic) bond motifs is 1. The standard InChI is InChI=1S/C19H18ClF3N4O2.C5H2ClF3N2/c1-10-2-3-14(20)17(26-10)18(28)27-8-12-4-11(12)5-13(27)9-29-16-7-24-15(6-25-16)19(21,22)23;6-4-2-10-3(1-11-4)5(7,8)9/h2-3,6-7,11-13H,4-5,8-9H2,1H3;1-2H/t11-,12+,13+;/m1./s1. The topological polar surface area (TPSA) is 94.0 Å². The van der Waals surface area contributed by atoms with Crippen molar-refractivity contribution in [1.29, 1.82) is 0 Å². The number of hydrogen-bond donors (Lipinski definition) is 0. The average molecular weight is 609 g/mol. The van der Waals surface area contributed by atoms with Gasteiger partial charge in [0.2, 0.25) is 5.88 Å². The molecule has 3 atom stereocenters. The first-order valence-electron chi connectivity index (χ1n) is 11.7. The van der Waals surface area contributed by atoms with Crippen LogP contribution in [0.5, 0.6) is 5.88 Å². The highest BCUT2D eigenvalue weighted by molar-refractivity contribution is 6.33. The summed E-state index contributed by atoms with van der Waals surface area (Å²) in [6.07, 6.45) is -4.18. The van der Waals surface area contributed by atoms with Crippen molar-refractivity contribution in [1.82, 2.24) is 29.8 Å². The molecule has 0 aromatic carbocycles. The van der Waals surface area contributed by atoms with Crippen LogP contribution in [0.2, 0.25) is 10.2 Å². The van der Waals surface area contributed by atoms with Gasteiger partial charge in [0.05, 0.1) is 35.9 Å². The van der Waals surface area contributed by atoms with E-state index in [0.717, 1.165) is 25.2 Å². The van der Waals surface area contributed by atoms with Gasteiger partial charge in [-0.05, 0) is 43.7 Å². The van der Waals surface area contributed by atoms with E-state index in [1.807, 2.05) is 0 Å². The molecule has 16 heteroatoms. The molecule has 1 saturated carbocycles. The van der Waals surface area contributed by atoms with Gasteiger partial charge in [-0.15, -0.1) is 0 Å². The number of likely N-dealkylation sites (tertiary alicyclic amines) is 1. The number of hydrogen-bond acceptors (Lipinski definition) is 7. The van der Waals surface area contributed by atoms with E-state index in [2.05, 4.69) is 24.9 Å². The third-order valence-corrected chi connectivity index (χ3v) is 6.72. The lowest BCUT2D eigenvalue weighted by Gasteiger charge is -2.35. The normalized spacial score (nSPS) is 20.2. The fourth-order valence-corrected chi connectivity index (χ4v) is 4.39. The zero-order valence-electron chi connectivity index (χ0n) is 20.5. The Hall–Kier alpha value is -3.26. The van der Waals surface area contributed by atoms with Crippen LogP contribution < -0.4 is 4.74 Å². The molecule has 1 saturated heterocycles. The fourth-order valence-electron chi connectivity index (χ4n) is 4.11. The van der Waals surface area contributed by atoms with E-state index in [0.29, 0.717) is 36.5 Å². The van der Waals surface area contributed by atoms with Gasteiger partial charge in [0, 0.05) is 12.2 Å². The molecule has 2 fully saturated rings. The van der Waals surface area contributed by atoms with Crippen LogP contribution in [0.25, 0.3) is 0 Å². The first-order valence-corrected chi connectivity index (χ1v) is 12.5. The molecule has 3 aromatic heterocycles. The molecule has 40 heavy (non-hydrogen) atoms. The van der Waals surface area contributed by atoms with Crippen molar-refractivity contribution in [2.75, 3.05) is 13.2 Å². The Bertz CT molecular complexity index is 1340. The number of aromatic nitrogens is 5. The molecule has 0 radical (unpaired) electrons. The minimum Gasteiger partial charge on any atom is -0.474 e. The highest BCUT2D eigenvalue weighted by Gasteiger charge is 2.47. The van der Waals surface area contributed by atoms with Crippen LogP contribution in [0.1, 0.15) is 40.4 Å². The SMILES string of the molecule is Cc1ccc(Cl)c(C(=O)N2C[C@@H]3C[C@@H]3C[C@H]2COc2cnc(C(F)(F)F)cn2)n1.FC(F)(F)c1cnc(Cl)cn1. The van der Waals surface area contributed by atoms with E-state index in [1.54, 1.807) is 24.0 Å². The summed E-state index contributed by atoms with van der Waals surface area (Å²) in [4.78, 5) is 32.3. The number of aryl methyl sites for hydroxylation is 1. The molecule has 0 bridgehead atoms.